The zero-order valence-corrected chi connectivity index (χ0v) is 14.0. The summed E-state index contributed by atoms with van der Waals surface area (Å²) in [7, 11) is 0. The average Bonchev–Trinajstić information content (AvgIpc) is 3.12. The number of carbonyl (C=O) groups is 3. The predicted molar refractivity (Wildman–Crippen MR) is 95.5 cm³/mol. The van der Waals surface area contributed by atoms with E-state index in [9.17, 15) is 19.5 Å². The lowest BCUT2D eigenvalue weighted by Gasteiger charge is -2.22. The Balaban J connectivity index is 1.69. The fourth-order valence-electron chi connectivity index (χ4n) is 3.59. The SMILES string of the molecule is C[C@H](Cc1cn(C(=O)O)c2ccccc12)N1C(=O)c2ccccc2C1=O. The summed E-state index contributed by atoms with van der Waals surface area (Å²) in [4.78, 5) is 38.0. The molecule has 3 aromatic rings. The van der Waals surface area contributed by atoms with E-state index in [0.29, 0.717) is 23.1 Å². The molecule has 0 unspecified atom stereocenters. The first-order chi connectivity index (χ1) is 12.5. The first-order valence-corrected chi connectivity index (χ1v) is 8.28. The smallest absolute Gasteiger partial charge is 0.416 e. The average molecular weight is 348 g/mol. The maximum atomic E-state index is 12.6. The molecule has 2 aromatic carbocycles. The van der Waals surface area contributed by atoms with E-state index in [1.54, 1.807) is 49.5 Å². The lowest BCUT2D eigenvalue weighted by atomic mass is 10.1. The number of carboxylic acid groups (broad SMARTS) is 1. The zero-order chi connectivity index (χ0) is 18.4. The number of hydrogen-bond acceptors (Lipinski definition) is 3. The summed E-state index contributed by atoms with van der Waals surface area (Å²) in [5, 5.41) is 10.2. The first-order valence-electron chi connectivity index (χ1n) is 8.28. The summed E-state index contributed by atoms with van der Waals surface area (Å²) >= 11 is 0. The first kappa shape index (κ1) is 16.1. The van der Waals surface area contributed by atoms with Crippen LogP contribution < -0.4 is 0 Å². The summed E-state index contributed by atoms with van der Waals surface area (Å²) in [6.45, 7) is 1.80. The minimum atomic E-state index is -1.07. The van der Waals surface area contributed by atoms with Gasteiger partial charge in [0.2, 0.25) is 0 Å². The second kappa shape index (κ2) is 5.84. The number of nitrogens with zero attached hydrogens (tertiary/aromatic N) is 2. The monoisotopic (exact) mass is 348 g/mol. The number of para-hydroxylation sites is 1. The van der Waals surface area contributed by atoms with E-state index in [2.05, 4.69) is 0 Å². The van der Waals surface area contributed by atoms with Crippen LogP contribution in [-0.2, 0) is 6.42 Å². The Hall–Kier alpha value is -3.41. The van der Waals surface area contributed by atoms with Crippen LogP contribution in [0.2, 0.25) is 0 Å². The number of fused-ring (bicyclic) bond motifs is 2. The van der Waals surface area contributed by atoms with Crippen molar-refractivity contribution < 1.29 is 19.5 Å². The van der Waals surface area contributed by atoms with Crippen LogP contribution in [0.15, 0.2) is 54.7 Å². The topological polar surface area (TPSA) is 79.6 Å². The van der Waals surface area contributed by atoms with Crippen molar-refractivity contribution in [3.8, 4) is 0 Å². The molecular formula is C20H16N2O4. The van der Waals surface area contributed by atoms with Crippen molar-refractivity contribution in [2.24, 2.45) is 0 Å². The van der Waals surface area contributed by atoms with Gasteiger partial charge in [0.05, 0.1) is 16.6 Å². The van der Waals surface area contributed by atoms with E-state index in [1.165, 1.54) is 9.47 Å². The maximum Gasteiger partial charge on any atom is 0.416 e. The Labute approximate surface area is 149 Å². The maximum absolute atomic E-state index is 12.6. The standard InChI is InChI=1S/C20H16N2O4/c1-12(22-18(23)15-7-2-3-8-16(15)19(22)24)10-13-11-21(20(25)26)17-9-5-4-6-14(13)17/h2-9,11-12H,10H2,1H3,(H,25,26)/t12-/m1/s1. The van der Waals surface area contributed by atoms with Gasteiger partial charge in [-0.1, -0.05) is 30.3 Å². The summed E-state index contributed by atoms with van der Waals surface area (Å²) in [6.07, 6.45) is 0.870. The van der Waals surface area contributed by atoms with Crippen LogP contribution in [0.5, 0.6) is 0 Å². The van der Waals surface area contributed by atoms with Gasteiger partial charge in [-0.2, -0.15) is 0 Å². The predicted octanol–water partition coefficient (Wildman–Crippen LogP) is 3.39. The molecule has 1 aromatic heterocycles. The Morgan fingerprint density at radius 3 is 2.19 bits per heavy atom. The molecule has 2 heterocycles. The van der Waals surface area contributed by atoms with Gasteiger partial charge < -0.3 is 5.11 Å². The van der Waals surface area contributed by atoms with Crippen LogP contribution in [0.3, 0.4) is 0 Å². The summed E-state index contributed by atoms with van der Waals surface area (Å²) in [6, 6.07) is 13.6. The van der Waals surface area contributed by atoms with Crippen molar-refractivity contribution in [3.05, 3.63) is 71.4 Å². The van der Waals surface area contributed by atoms with Crippen LogP contribution >= 0.6 is 0 Å². The zero-order valence-electron chi connectivity index (χ0n) is 14.0. The second-order valence-electron chi connectivity index (χ2n) is 6.40. The van der Waals surface area contributed by atoms with Gasteiger partial charge in [0.1, 0.15) is 0 Å². The minimum absolute atomic E-state index is 0.305. The molecule has 0 radical (unpaired) electrons. The highest BCUT2D eigenvalue weighted by atomic mass is 16.4. The molecule has 6 nitrogen and oxygen atoms in total. The molecule has 0 fully saturated rings. The number of benzene rings is 2. The van der Waals surface area contributed by atoms with E-state index in [1.807, 2.05) is 12.1 Å². The van der Waals surface area contributed by atoms with Crippen molar-refractivity contribution in [3.63, 3.8) is 0 Å². The van der Waals surface area contributed by atoms with Crippen molar-refractivity contribution in [1.82, 2.24) is 9.47 Å². The molecule has 1 aliphatic heterocycles. The van der Waals surface area contributed by atoms with Crippen molar-refractivity contribution >= 4 is 28.8 Å². The highest BCUT2D eigenvalue weighted by Gasteiger charge is 2.38. The van der Waals surface area contributed by atoms with Crippen LogP contribution in [-0.4, -0.2) is 38.5 Å². The van der Waals surface area contributed by atoms with Gasteiger partial charge in [-0.05, 0) is 37.1 Å². The number of amides is 2. The fourth-order valence-corrected chi connectivity index (χ4v) is 3.59. The third-order valence-electron chi connectivity index (χ3n) is 4.78. The van der Waals surface area contributed by atoms with Crippen molar-refractivity contribution in [1.29, 1.82) is 0 Å². The van der Waals surface area contributed by atoms with Gasteiger partial charge in [0.25, 0.3) is 11.8 Å². The Morgan fingerprint density at radius 1 is 1.00 bits per heavy atom. The minimum Gasteiger partial charge on any atom is -0.464 e. The molecule has 0 aliphatic carbocycles. The van der Waals surface area contributed by atoms with Crippen LogP contribution in [0.1, 0.15) is 33.2 Å². The molecule has 2 amide bonds. The molecule has 0 spiro atoms. The Bertz CT molecular complexity index is 1030. The normalized spacial score (nSPS) is 14.7. The van der Waals surface area contributed by atoms with E-state index in [4.69, 9.17) is 0 Å². The van der Waals surface area contributed by atoms with Crippen molar-refractivity contribution in [2.45, 2.75) is 19.4 Å². The van der Waals surface area contributed by atoms with E-state index < -0.39 is 12.1 Å². The molecule has 0 bridgehead atoms. The van der Waals surface area contributed by atoms with Gasteiger partial charge in [-0.25, -0.2) is 4.79 Å². The molecular weight excluding hydrogens is 332 g/mol. The van der Waals surface area contributed by atoms with Gasteiger partial charge in [0, 0.05) is 17.6 Å². The molecule has 4 rings (SSSR count). The molecule has 6 heteroatoms. The number of rotatable bonds is 3. The highest BCUT2D eigenvalue weighted by Crippen LogP contribution is 2.28. The lowest BCUT2D eigenvalue weighted by Crippen LogP contribution is -2.39. The number of carbonyl (C=O) groups excluding carboxylic acids is 2. The number of hydrogen-bond donors (Lipinski definition) is 1. The molecule has 0 saturated carbocycles. The third-order valence-corrected chi connectivity index (χ3v) is 4.78. The van der Waals surface area contributed by atoms with Gasteiger partial charge in [-0.3, -0.25) is 19.1 Å². The van der Waals surface area contributed by atoms with Crippen LogP contribution in [0.4, 0.5) is 4.79 Å². The molecule has 1 atom stereocenters. The largest absolute Gasteiger partial charge is 0.464 e. The summed E-state index contributed by atoms with van der Waals surface area (Å²) in [5.74, 6) is -0.611. The van der Waals surface area contributed by atoms with Gasteiger partial charge in [-0.15, -0.1) is 0 Å². The molecule has 26 heavy (non-hydrogen) atoms. The lowest BCUT2D eigenvalue weighted by molar-refractivity contribution is 0.0596. The fraction of sp³-hybridized carbons (Fsp3) is 0.150. The van der Waals surface area contributed by atoms with Crippen molar-refractivity contribution in [2.75, 3.05) is 0 Å². The van der Waals surface area contributed by atoms with Gasteiger partial charge >= 0.3 is 6.09 Å². The third kappa shape index (κ3) is 2.30. The number of aromatic nitrogens is 1. The number of imide groups is 1. The summed E-state index contributed by atoms with van der Waals surface area (Å²) < 4.78 is 1.17. The Kier molecular flexibility index (Phi) is 3.61. The Morgan fingerprint density at radius 2 is 1.58 bits per heavy atom. The second-order valence-corrected chi connectivity index (χ2v) is 6.40. The molecule has 130 valence electrons. The van der Waals surface area contributed by atoms with Crippen LogP contribution in [0.25, 0.3) is 10.9 Å². The molecule has 0 saturated heterocycles. The van der Waals surface area contributed by atoms with Gasteiger partial charge in [0.15, 0.2) is 0 Å². The highest BCUT2D eigenvalue weighted by molar-refractivity contribution is 6.21. The summed E-state index contributed by atoms with van der Waals surface area (Å²) in [5.41, 5.74) is 2.20. The van der Waals surface area contributed by atoms with E-state index in [-0.39, 0.29) is 11.8 Å². The van der Waals surface area contributed by atoms with E-state index >= 15 is 0 Å². The van der Waals surface area contributed by atoms with Crippen LogP contribution in [0, 0.1) is 0 Å². The molecule has 1 aliphatic rings. The van der Waals surface area contributed by atoms with E-state index in [0.717, 1.165) is 10.9 Å². The quantitative estimate of drug-likeness (QED) is 0.736. The molecule has 1 N–H and O–H groups in total.